The van der Waals surface area contributed by atoms with Crippen molar-refractivity contribution < 1.29 is 19.3 Å². The number of hydrogen-bond donors (Lipinski definition) is 1. The van der Waals surface area contributed by atoms with Gasteiger partial charge in [0.2, 0.25) is 8.32 Å². The first-order valence-electron chi connectivity index (χ1n) is 4.91. The highest BCUT2D eigenvalue weighted by atomic mass is 28.4. The van der Waals surface area contributed by atoms with Crippen molar-refractivity contribution in [1.29, 1.82) is 0 Å². The van der Waals surface area contributed by atoms with Crippen LogP contribution in [0.5, 0.6) is 5.75 Å². The molecule has 0 saturated carbocycles. The van der Waals surface area contributed by atoms with E-state index in [2.05, 4.69) is 0 Å². The lowest BCUT2D eigenvalue weighted by atomic mass is 10.2. The van der Waals surface area contributed by atoms with E-state index < -0.39 is 24.9 Å². The Balaban J connectivity index is 3.19. The molecule has 0 heterocycles. The molecule has 92 valence electrons. The van der Waals surface area contributed by atoms with Gasteiger partial charge in [-0.15, -0.1) is 0 Å². The molecule has 0 aliphatic heterocycles. The molecule has 1 aromatic carbocycles. The summed E-state index contributed by atoms with van der Waals surface area (Å²) in [5.41, 5.74) is -0.786. The third-order valence-corrected chi connectivity index (χ3v) is 2.67. The average molecular weight is 255 g/mol. The van der Waals surface area contributed by atoms with Gasteiger partial charge in [0.05, 0.1) is 4.92 Å². The van der Waals surface area contributed by atoms with Crippen molar-refractivity contribution >= 4 is 20.0 Å². The first-order chi connectivity index (χ1) is 7.70. The fraction of sp³-hybridized carbons (Fsp3) is 0.300. The van der Waals surface area contributed by atoms with Crippen LogP contribution in [0, 0.1) is 10.1 Å². The summed E-state index contributed by atoms with van der Waals surface area (Å²) in [5.74, 6) is -0.982. The number of nitro benzene ring substituents is 1. The van der Waals surface area contributed by atoms with Crippen molar-refractivity contribution in [2.75, 3.05) is 0 Å². The van der Waals surface area contributed by atoms with Crippen LogP contribution in [0.2, 0.25) is 19.6 Å². The summed E-state index contributed by atoms with van der Waals surface area (Å²) in [7, 11) is -1.86. The number of carboxylic acids is 1. The van der Waals surface area contributed by atoms with Gasteiger partial charge in [-0.3, -0.25) is 10.1 Å². The van der Waals surface area contributed by atoms with E-state index in [-0.39, 0.29) is 5.56 Å². The molecule has 0 atom stereocenters. The predicted molar refractivity (Wildman–Crippen MR) is 64.0 cm³/mol. The van der Waals surface area contributed by atoms with Crippen molar-refractivity contribution in [3.63, 3.8) is 0 Å². The minimum absolute atomic E-state index is 0.354. The zero-order valence-corrected chi connectivity index (χ0v) is 10.8. The molecule has 0 aliphatic rings. The maximum atomic E-state index is 10.9. The van der Waals surface area contributed by atoms with Gasteiger partial charge < -0.3 is 9.53 Å². The van der Waals surface area contributed by atoms with Crippen LogP contribution in [0.15, 0.2) is 18.2 Å². The summed E-state index contributed by atoms with van der Waals surface area (Å²) < 4.78 is 5.58. The second-order valence-electron chi connectivity index (χ2n) is 4.46. The van der Waals surface area contributed by atoms with E-state index in [0.717, 1.165) is 6.07 Å². The van der Waals surface area contributed by atoms with Crippen LogP contribution in [0.4, 0.5) is 5.69 Å². The topological polar surface area (TPSA) is 89.7 Å². The van der Waals surface area contributed by atoms with Crippen LogP contribution in [-0.2, 0) is 0 Å². The molecule has 7 heteroatoms. The van der Waals surface area contributed by atoms with Gasteiger partial charge in [-0.05, 0) is 25.7 Å². The van der Waals surface area contributed by atoms with Crippen molar-refractivity contribution in [2.45, 2.75) is 19.6 Å². The minimum atomic E-state index is -1.86. The lowest BCUT2D eigenvalue weighted by Gasteiger charge is -2.19. The zero-order chi connectivity index (χ0) is 13.2. The van der Waals surface area contributed by atoms with E-state index in [1.165, 1.54) is 12.1 Å². The summed E-state index contributed by atoms with van der Waals surface area (Å²) in [6, 6.07) is 3.76. The van der Waals surface area contributed by atoms with Crippen molar-refractivity contribution in [3.8, 4) is 5.75 Å². The molecule has 1 rings (SSSR count). The molecule has 6 nitrogen and oxygen atoms in total. The summed E-state index contributed by atoms with van der Waals surface area (Å²) in [4.78, 5) is 20.8. The normalized spacial score (nSPS) is 11.0. The number of nitrogens with zero attached hydrogens (tertiary/aromatic N) is 1. The number of benzene rings is 1. The van der Waals surface area contributed by atoms with E-state index >= 15 is 0 Å². The zero-order valence-electron chi connectivity index (χ0n) is 9.76. The van der Waals surface area contributed by atoms with Crippen LogP contribution in [0.25, 0.3) is 0 Å². The lowest BCUT2D eigenvalue weighted by Crippen LogP contribution is -2.29. The Morgan fingerprint density at radius 1 is 1.41 bits per heavy atom. The van der Waals surface area contributed by atoms with Crippen LogP contribution >= 0.6 is 0 Å². The second kappa shape index (κ2) is 4.54. The smallest absolute Gasteiger partial charge is 0.342 e. The first kappa shape index (κ1) is 13.2. The SMILES string of the molecule is C[Si](C)(C)Oc1ccc([N+](=O)[O-])c(C(=O)O)c1. The van der Waals surface area contributed by atoms with E-state index in [4.69, 9.17) is 9.53 Å². The monoisotopic (exact) mass is 255 g/mol. The third kappa shape index (κ3) is 3.56. The Labute approximate surface area is 99.1 Å². The quantitative estimate of drug-likeness (QED) is 0.507. The molecule has 0 aliphatic carbocycles. The maximum Gasteiger partial charge on any atom is 0.342 e. The van der Waals surface area contributed by atoms with Crippen LogP contribution < -0.4 is 4.43 Å². The Morgan fingerprint density at radius 2 is 2.00 bits per heavy atom. The molecule has 0 amide bonds. The van der Waals surface area contributed by atoms with Crippen LogP contribution in [0.1, 0.15) is 10.4 Å². The van der Waals surface area contributed by atoms with Gasteiger partial charge in [-0.1, -0.05) is 0 Å². The standard InChI is InChI=1S/C10H13NO5Si/c1-17(2,3)16-7-4-5-9(11(14)15)8(6-7)10(12)13/h4-6H,1-3H3,(H,12,13). The summed E-state index contributed by atoms with van der Waals surface area (Å²) in [5, 5.41) is 19.5. The van der Waals surface area contributed by atoms with Gasteiger partial charge in [-0.2, -0.15) is 0 Å². The molecule has 0 unspecified atom stereocenters. The van der Waals surface area contributed by atoms with Gasteiger partial charge in [0.1, 0.15) is 11.3 Å². The fourth-order valence-electron chi connectivity index (χ4n) is 1.26. The Kier molecular flexibility index (Phi) is 3.52. The van der Waals surface area contributed by atoms with Gasteiger partial charge >= 0.3 is 5.97 Å². The number of carbonyl (C=O) groups is 1. The second-order valence-corrected chi connectivity index (χ2v) is 8.88. The molecule has 0 spiro atoms. The van der Waals surface area contributed by atoms with Crippen LogP contribution in [0.3, 0.4) is 0 Å². The average Bonchev–Trinajstić information content (AvgIpc) is 2.14. The highest BCUT2D eigenvalue weighted by Crippen LogP contribution is 2.25. The lowest BCUT2D eigenvalue weighted by molar-refractivity contribution is -0.385. The summed E-state index contributed by atoms with van der Waals surface area (Å²) in [6.45, 7) is 5.82. The third-order valence-electron chi connectivity index (χ3n) is 1.82. The number of nitro groups is 1. The molecule has 17 heavy (non-hydrogen) atoms. The van der Waals surface area contributed by atoms with Gasteiger partial charge in [0.15, 0.2) is 0 Å². The summed E-state index contributed by atoms with van der Waals surface area (Å²) >= 11 is 0. The van der Waals surface area contributed by atoms with E-state index in [1.807, 2.05) is 19.6 Å². The molecular weight excluding hydrogens is 242 g/mol. The molecule has 1 N–H and O–H groups in total. The Morgan fingerprint density at radius 3 is 2.41 bits per heavy atom. The van der Waals surface area contributed by atoms with Gasteiger partial charge in [0, 0.05) is 12.1 Å². The predicted octanol–water partition coefficient (Wildman–Crippen LogP) is 2.51. The Hall–Kier alpha value is -1.89. The van der Waals surface area contributed by atoms with E-state index in [0.29, 0.717) is 5.75 Å². The molecule has 1 aromatic rings. The largest absolute Gasteiger partial charge is 0.544 e. The highest BCUT2D eigenvalue weighted by molar-refractivity contribution is 6.70. The van der Waals surface area contributed by atoms with E-state index in [9.17, 15) is 14.9 Å². The highest BCUT2D eigenvalue weighted by Gasteiger charge is 2.22. The summed E-state index contributed by atoms with van der Waals surface area (Å²) in [6.07, 6.45) is 0. The first-order valence-corrected chi connectivity index (χ1v) is 8.32. The number of rotatable bonds is 4. The number of aromatic carboxylic acids is 1. The van der Waals surface area contributed by atoms with E-state index in [1.54, 1.807) is 0 Å². The molecule has 0 saturated heterocycles. The maximum absolute atomic E-state index is 10.9. The van der Waals surface area contributed by atoms with Gasteiger partial charge in [0.25, 0.3) is 5.69 Å². The number of carboxylic acid groups (broad SMARTS) is 1. The molecule has 0 aromatic heterocycles. The van der Waals surface area contributed by atoms with Crippen molar-refractivity contribution in [3.05, 3.63) is 33.9 Å². The molecule has 0 fully saturated rings. The van der Waals surface area contributed by atoms with Crippen molar-refractivity contribution in [2.24, 2.45) is 0 Å². The number of hydrogen-bond acceptors (Lipinski definition) is 4. The van der Waals surface area contributed by atoms with Gasteiger partial charge in [-0.25, -0.2) is 4.79 Å². The molecular formula is C10H13NO5Si. The molecule has 0 bridgehead atoms. The minimum Gasteiger partial charge on any atom is -0.544 e. The molecule has 0 radical (unpaired) electrons. The Bertz CT molecular complexity index is 466. The van der Waals surface area contributed by atoms with Crippen LogP contribution in [-0.4, -0.2) is 24.3 Å². The fourth-order valence-corrected chi connectivity index (χ4v) is 2.10. The van der Waals surface area contributed by atoms with Crippen molar-refractivity contribution in [1.82, 2.24) is 0 Å².